The van der Waals surface area contributed by atoms with E-state index in [0.717, 1.165) is 24.0 Å². The maximum atomic E-state index is 13.8. The summed E-state index contributed by atoms with van der Waals surface area (Å²) < 4.78 is 28.9. The van der Waals surface area contributed by atoms with Crippen molar-refractivity contribution in [2.45, 2.75) is 30.1 Å². The molecule has 1 atom stereocenters. The van der Waals surface area contributed by atoms with Gasteiger partial charge in [0.15, 0.2) is 0 Å². The molecule has 5 rings (SSSR count). The van der Waals surface area contributed by atoms with Crippen molar-refractivity contribution < 1.29 is 18.3 Å². The molecule has 3 aromatic carbocycles. The number of halogens is 2. The highest BCUT2D eigenvalue weighted by Crippen LogP contribution is 2.42. The summed E-state index contributed by atoms with van der Waals surface area (Å²) in [7, 11) is -3.89. The van der Waals surface area contributed by atoms with E-state index in [0.29, 0.717) is 23.7 Å². The number of nitrogens with zero attached hydrogens (tertiary/aromatic N) is 1. The molecule has 2 N–H and O–H groups in total. The monoisotopic (exact) mass is 530 g/mol. The average Bonchev–Trinajstić information content (AvgIpc) is 3.69. The van der Waals surface area contributed by atoms with Crippen LogP contribution in [0, 0.1) is 5.92 Å². The van der Waals surface area contributed by atoms with E-state index in [-0.39, 0.29) is 39.6 Å². The number of aliphatic hydroxyl groups is 1. The van der Waals surface area contributed by atoms with E-state index in [1.165, 1.54) is 4.31 Å². The van der Waals surface area contributed by atoms with Crippen molar-refractivity contribution in [2.24, 2.45) is 5.92 Å². The molecular weight excluding hydrogens is 507 g/mol. The number of amides is 1. The summed E-state index contributed by atoms with van der Waals surface area (Å²) in [6.07, 6.45) is 2.67. The highest BCUT2D eigenvalue weighted by molar-refractivity contribution is 7.92. The Morgan fingerprint density at radius 3 is 2.43 bits per heavy atom. The van der Waals surface area contributed by atoms with Gasteiger partial charge in [-0.3, -0.25) is 9.10 Å². The lowest BCUT2D eigenvalue weighted by Crippen LogP contribution is -2.41. The maximum absolute atomic E-state index is 13.8. The molecule has 0 bridgehead atoms. The van der Waals surface area contributed by atoms with E-state index in [9.17, 15) is 18.3 Å². The smallest absolute Gasteiger partial charge is 0.264 e. The summed E-state index contributed by atoms with van der Waals surface area (Å²) in [5, 5.41) is 13.1. The topological polar surface area (TPSA) is 86.7 Å². The molecule has 9 heteroatoms. The van der Waals surface area contributed by atoms with Crippen LogP contribution >= 0.6 is 23.2 Å². The highest BCUT2D eigenvalue weighted by Gasteiger charge is 2.34. The Bertz CT molecular complexity index is 1390. The van der Waals surface area contributed by atoms with Crippen molar-refractivity contribution >= 4 is 50.5 Å². The Morgan fingerprint density at radius 2 is 1.74 bits per heavy atom. The van der Waals surface area contributed by atoms with E-state index in [1.807, 2.05) is 6.07 Å². The van der Waals surface area contributed by atoms with Crippen LogP contribution in [0.15, 0.2) is 65.6 Å². The van der Waals surface area contributed by atoms with Gasteiger partial charge in [-0.1, -0.05) is 47.5 Å². The third-order valence-electron chi connectivity index (χ3n) is 6.49. The van der Waals surface area contributed by atoms with Crippen molar-refractivity contribution in [3.05, 3.63) is 87.4 Å². The molecule has 6 nitrogen and oxygen atoms in total. The van der Waals surface area contributed by atoms with Crippen LogP contribution in [0.2, 0.25) is 10.0 Å². The van der Waals surface area contributed by atoms with Crippen LogP contribution in [0.1, 0.15) is 40.2 Å². The first kappa shape index (κ1) is 24.1. The number of aliphatic hydroxyl groups excluding tert-OH is 1. The Balaban J connectivity index is 1.51. The molecule has 0 radical (unpaired) electrons. The molecule has 1 amide bonds. The van der Waals surface area contributed by atoms with Gasteiger partial charge in [0.2, 0.25) is 0 Å². The van der Waals surface area contributed by atoms with E-state index in [1.54, 1.807) is 54.6 Å². The summed E-state index contributed by atoms with van der Waals surface area (Å²) in [6, 6.07) is 17.0. The van der Waals surface area contributed by atoms with Crippen molar-refractivity contribution in [2.75, 3.05) is 22.8 Å². The molecule has 3 aromatic rings. The first-order valence-electron chi connectivity index (χ1n) is 11.4. The zero-order valence-corrected chi connectivity index (χ0v) is 21.1. The van der Waals surface area contributed by atoms with Crippen molar-refractivity contribution in [1.29, 1.82) is 0 Å². The standard InChI is InChI=1S/C26H24Cl2N2O4S/c27-22-5-2-6-23(28)25(22)26(32)29-20-10-9-19-11-16(15-31)14-30(24(19)13-20)35(33,34)21-4-1-3-18(12-21)17-7-8-17/h1-6,9-10,12-13,16-17,31H,7-8,11,14-15H2,(H,29,32). The first-order chi connectivity index (χ1) is 16.8. The molecule has 1 saturated carbocycles. The van der Waals surface area contributed by atoms with Crippen molar-refractivity contribution in [1.82, 2.24) is 0 Å². The fraction of sp³-hybridized carbons (Fsp3) is 0.269. The quantitative estimate of drug-likeness (QED) is 0.441. The van der Waals surface area contributed by atoms with Gasteiger partial charge in [-0.15, -0.1) is 0 Å². The predicted octanol–water partition coefficient (Wildman–Crippen LogP) is 5.48. The molecular formula is C26H24Cl2N2O4S. The summed E-state index contributed by atoms with van der Waals surface area (Å²) in [5.74, 6) is -0.301. The molecule has 35 heavy (non-hydrogen) atoms. The molecule has 0 saturated heterocycles. The normalized spacial score (nSPS) is 17.7. The average molecular weight is 531 g/mol. The van der Waals surface area contributed by atoms with Crippen LogP contribution < -0.4 is 9.62 Å². The second-order valence-electron chi connectivity index (χ2n) is 9.03. The van der Waals surface area contributed by atoms with E-state index in [2.05, 4.69) is 5.32 Å². The minimum atomic E-state index is -3.89. The lowest BCUT2D eigenvalue weighted by Gasteiger charge is -2.35. The highest BCUT2D eigenvalue weighted by atomic mass is 35.5. The number of carbonyl (C=O) groups is 1. The largest absolute Gasteiger partial charge is 0.396 e. The Labute approximate surface area is 214 Å². The molecule has 1 heterocycles. The van der Waals surface area contributed by atoms with Crippen LogP contribution in [0.4, 0.5) is 11.4 Å². The molecule has 1 fully saturated rings. The maximum Gasteiger partial charge on any atom is 0.264 e. The molecule has 1 unspecified atom stereocenters. The first-order valence-corrected chi connectivity index (χ1v) is 13.6. The Morgan fingerprint density at radius 1 is 1.03 bits per heavy atom. The SMILES string of the molecule is O=C(Nc1ccc2c(c1)N(S(=O)(=O)c1cccc(C3CC3)c1)CC(CO)C2)c1c(Cl)cccc1Cl. The number of rotatable bonds is 6. The number of hydrogen-bond donors (Lipinski definition) is 2. The number of fused-ring (bicyclic) bond motifs is 1. The van der Waals surface area contributed by atoms with Crippen LogP contribution in [0.3, 0.4) is 0 Å². The Kier molecular flexibility index (Phi) is 6.53. The van der Waals surface area contributed by atoms with Gasteiger partial charge in [0.1, 0.15) is 0 Å². The van der Waals surface area contributed by atoms with Crippen molar-refractivity contribution in [3.63, 3.8) is 0 Å². The number of nitrogens with one attached hydrogen (secondary N) is 1. The van der Waals surface area contributed by atoms with E-state index >= 15 is 0 Å². The van der Waals surface area contributed by atoms with Crippen LogP contribution in [-0.2, 0) is 16.4 Å². The number of anilines is 2. The van der Waals surface area contributed by atoms with Gasteiger partial charge >= 0.3 is 0 Å². The minimum Gasteiger partial charge on any atom is -0.396 e. The van der Waals surface area contributed by atoms with E-state index in [4.69, 9.17) is 23.2 Å². The number of carbonyl (C=O) groups excluding carboxylic acids is 1. The summed E-state index contributed by atoms with van der Waals surface area (Å²) in [6.45, 7) is 0.0182. The van der Waals surface area contributed by atoms with Gasteiger partial charge in [-0.05, 0) is 72.7 Å². The lowest BCUT2D eigenvalue weighted by atomic mass is 9.94. The van der Waals surface area contributed by atoms with Gasteiger partial charge in [-0.2, -0.15) is 0 Å². The minimum absolute atomic E-state index is 0.128. The predicted molar refractivity (Wildman–Crippen MR) is 138 cm³/mol. The fourth-order valence-corrected chi connectivity index (χ4v) is 6.68. The molecule has 1 aliphatic carbocycles. The second-order valence-corrected chi connectivity index (χ2v) is 11.7. The van der Waals surface area contributed by atoms with Crippen molar-refractivity contribution in [3.8, 4) is 0 Å². The third-order valence-corrected chi connectivity index (χ3v) is 8.89. The summed E-state index contributed by atoms with van der Waals surface area (Å²) in [5.41, 5.74) is 2.86. The molecule has 0 spiro atoms. The molecule has 2 aliphatic rings. The summed E-state index contributed by atoms with van der Waals surface area (Å²) in [4.78, 5) is 13.1. The molecule has 0 aromatic heterocycles. The van der Waals surface area contributed by atoms with Gasteiger partial charge < -0.3 is 10.4 Å². The van der Waals surface area contributed by atoms with Gasteiger partial charge in [0.05, 0.1) is 26.2 Å². The van der Waals surface area contributed by atoms with Crippen LogP contribution in [0.5, 0.6) is 0 Å². The summed E-state index contributed by atoms with van der Waals surface area (Å²) >= 11 is 12.3. The third kappa shape index (κ3) is 4.78. The number of hydrogen-bond acceptors (Lipinski definition) is 4. The second kappa shape index (κ2) is 9.47. The Hall–Kier alpha value is -2.58. The number of sulfonamides is 1. The molecule has 1 aliphatic heterocycles. The van der Waals surface area contributed by atoms with Gasteiger partial charge in [-0.25, -0.2) is 8.42 Å². The van der Waals surface area contributed by atoms with Gasteiger partial charge in [0, 0.05) is 24.8 Å². The zero-order chi connectivity index (χ0) is 24.7. The van der Waals surface area contributed by atoms with Crippen LogP contribution in [0.25, 0.3) is 0 Å². The lowest BCUT2D eigenvalue weighted by molar-refractivity contribution is 0.102. The van der Waals surface area contributed by atoms with Crippen LogP contribution in [-0.4, -0.2) is 32.6 Å². The zero-order valence-electron chi connectivity index (χ0n) is 18.7. The van der Waals surface area contributed by atoms with Gasteiger partial charge in [0.25, 0.3) is 15.9 Å². The molecule has 182 valence electrons. The fourth-order valence-electron chi connectivity index (χ4n) is 4.49. The van der Waals surface area contributed by atoms with E-state index < -0.39 is 15.9 Å². The number of benzene rings is 3.